The number of thiazole rings is 2. The van der Waals surface area contributed by atoms with E-state index in [1.54, 1.807) is 40.3 Å². The van der Waals surface area contributed by atoms with Crippen LogP contribution in [-0.2, 0) is 52.6 Å². The highest BCUT2D eigenvalue weighted by atomic mass is 32.3. The largest absolute Gasteiger partial charge is 0.412 e. The van der Waals surface area contributed by atoms with Crippen molar-refractivity contribution < 1.29 is 44.9 Å². The zero-order valence-corrected chi connectivity index (χ0v) is 36.8. The van der Waals surface area contributed by atoms with E-state index in [0.717, 1.165) is 56.3 Å². The van der Waals surface area contributed by atoms with E-state index in [9.17, 15) is 34.8 Å². The molecule has 0 aliphatic rings. The molecule has 6 aromatic rings. The molecule has 320 valence electrons. The van der Waals surface area contributed by atoms with Crippen molar-refractivity contribution in [2.45, 2.75) is 35.1 Å². The van der Waals surface area contributed by atoms with E-state index in [-0.39, 0.29) is 49.9 Å². The number of carbonyl (C=O) groups is 2. The SMILES string of the molecule is CS(=O)(=O)O.Cc1nc(N(C)C(=O)Cc2ccc(-c3ccccn3)cc2)sc1S(N)(=O)=O.Cc1nc(N(C)C(=O)Cc2ccc(-c3ccccn3)cc2)sc1S(N)(=O)=O.O. The van der Waals surface area contributed by atoms with Crippen molar-refractivity contribution in [3.05, 3.63) is 120 Å². The van der Waals surface area contributed by atoms with Crippen LogP contribution in [0.15, 0.2) is 106 Å². The quantitative estimate of drug-likeness (QED) is 0.166. The maximum Gasteiger partial charge on any atom is 0.261 e. The minimum absolute atomic E-state index is 0. The summed E-state index contributed by atoms with van der Waals surface area (Å²) in [5.74, 6) is -0.398. The second kappa shape index (κ2) is 20.7. The molecule has 0 fully saturated rings. The van der Waals surface area contributed by atoms with Crippen LogP contribution in [0.3, 0.4) is 0 Å². The van der Waals surface area contributed by atoms with Gasteiger partial charge in [-0.2, -0.15) is 8.42 Å². The number of nitrogens with zero attached hydrogens (tertiary/aromatic N) is 6. The summed E-state index contributed by atoms with van der Waals surface area (Å²) in [5.41, 5.74) is 5.91. The standard InChI is InChI=1S/2C18H18N4O3S2.CH4O3S.H2O/c2*1-12-17(27(19,24)25)26-18(21-12)22(2)16(23)11-13-6-8-14(9-7-13)15-5-3-4-10-20-15;1-5(2,3)4;/h2*3-10H,11H2,1-2H3,(H2,19,24,25);1H3,(H,2,3,4);1H2. The molecule has 60 heavy (non-hydrogen) atoms. The molecule has 0 spiro atoms. The van der Waals surface area contributed by atoms with Crippen molar-refractivity contribution in [3.8, 4) is 22.5 Å². The maximum absolute atomic E-state index is 12.5. The van der Waals surface area contributed by atoms with Gasteiger partial charge >= 0.3 is 0 Å². The Bertz CT molecular complexity index is 2550. The molecule has 2 amide bonds. The molecule has 0 aliphatic carbocycles. The fourth-order valence-corrected chi connectivity index (χ4v) is 8.86. The van der Waals surface area contributed by atoms with Gasteiger partial charge in [-0.05, 0) is 49.2 Å². The highest BCUT2D eigenvalue weighted by Gasteiger charge is 2.24. The number of anilines is 2. The van der Waals surface area contributed by atoms with Crippen molar-refractivity contribution in [2.24, 2.45) is 10.3 Å². The molecular weight excluding hydrogens is 877 g/mol. The Labute approximate surface area is 355 Å². The number of hydrogen-bond donors (Lipinski definition) is 3. The molecule has 6 rings (SSSR count). The Balaban J connectivity index is 0.000000284. The molecule has 4 heterocycles. The summed E-state index contributed by atoms with van der Waals surface area (Å²) >= 11 is 1.77. The summed E-state index contributed by atoms with van der Waals surface area (Å²) < 4.78 is 72.0. The zero-order chi connectivity index (χ0) is 43.7. The normalized spacial score (nSPS) is 11.2. The van der Waals surface area contributed by atoms with Crippen molar-refractivity contribution >= 4 is 74.9 Å². The van der Waals surface area contributed by atoms with Crippen LogP contribution in [0.2, 0.25) is 0 Å². The first-order valence-corrected chi connectivity index (χ1v) is 23.6. The Hall–Kier alpha value is -5.37. The lowest BCUT2D eigenvalue weighted by atomic mass is 10.1. The summed E-state index contributed by atoms with van der Waals surface area (Å²) in [6.45, 7) is 3.10. The topological polar surface area (TPSA) is 298 Å². The predicted octanol–water partition coefficient (Wildman–Crippen LogP) is 3.41. The number of likely N-dealkylation sites (N-methyl/N-ethyl adjacent to an activating group) is 2. The highest BCUT2D eigenvalue weighted by Crippen LogP contribution is 2.30. The molecule has 7 N–H and O–H groups in total. The first-order chi connectivity index (χ1) is 27.5. The minimum Gasteiger partial charge on any atom is -0.412 e. The van der Waals surface area contributed by atoms with Gasteiger partial charge in [0.1, 0.15) is 0 Å². The summed E-state index contributed by atoms with van der Waals surface area (Å²) in [5, 5.41) is 10.9. The second-order valence-corrected chi connectivity index (χ2v) is 19.6. The maximum atomic E-state index is 12.5. The van der Waals surface area contributed by atoms with Crippen LogP contribution < -0.4 is 20.1 Å². The molecule has 0 saturated carbocycles. The van der Waals surface area contributed by atoms with Crippen LogP contribution >= 0.6 is 22.7 Å². The van der Waals surface area contributed by atoms with Crippen molar-refractivity contribution in [1.29, 1.82) is 0 Å². The van der Waals surface area contributed by atoms with Gasteiger partial charge in [0.15, 0.2) is 18.7 Å². The third-order valence-corrected chi connectivity index (χ3v) is 13.4. The molecule has 23 heteroatoms. The molecule has 0 saturated heterocycles. The smallest absolute Gasteiger partial charge is 0.261 e. The number of primary sulfonamides is 2. The Kier molecular flexibility index (Phi) is 16.9. The number of aryl methyl sites for hydroxylation is 2. The van der Waals surface area contributed by atoms with Gasteiger partial charge in [0, 0.05) is 37.6 Å². The lowest BCUT2D eigenvalue weighted by Gasteiger charge is -2.13. The summed E-state index contributed by atoms with van der Waals surface area (Å²) in [6.07, 6.45) is 4.51. The molecule has 0 radical (unpaired) electrons. The Morgan fingerprint density at radius 1 is 0.617 bits per heavy atom. The number of benzene rings is 2. The van der Waals surface area contributed by atoms with E-state index < -0.39 is 30.2 Å². The monoisotopic (exact) mass is 918 g/mol. The van der Waals surface area contributed by atoms with Gasteiger partial charge in [-0.15, -0.1) is 0 Å². The van der Waals surface area contributed by atoms with E-state index in [1.807, 2.05) is 84.9 Å². The van der Waals surface area contributed by atoms with Crippen LogP contribution in [0, 0.1) is 13.8 Å². The molecule has 0 atom stereocenters. The van der Waals surface area contributed by atoms with Crippen molar-refractivity contribution in [2.75, 3.05) is 30.2 Å². The lowest BCUT2D eigenvalue weighted by Crippen LogP contribution is -2.27. The molecule has 2 aromatic carbocycles. The first kappa shape index (κ1) is 49.0. The summed E-state index contributed by atoms with van der Waals surface area (Å²) in [4.78, 5) is 44.7. The van der Waals surface area contributed by atoms with Crippen molar-refractivity contribution in [3.63, 3.8) is 0 Å². The van der Waals surface area contributed by atoms with Gasteiger partial charge in [0.2, 0.25) is 31.9 Å². The zero-order valence-electron chi connectivity index (χ0n) is 32.7. The van der Waals surface area contributed by atoms with Gasteiger partial charge in [-0.3, -0.25) is 33.9 Å². The average molecular weight is 919 g/mol. The molecule has 0 bridgehead atoms. The molecular formula is C37H42N8O10S5. The van der Waals surface area contributed by atoms with Crippen molar-refractivity contribution in [1.82, 2.24) is 19.9 Å². The summed E-state index contributed by atoms with van der Waals surface area (Å²) in [6, 6.07) is 26.5. The third kappa shape index (κ3) is 14.4. The van der Waals surface area contributed by atoms with Crippen LogP contribution in [-0.4, -0.2) is 87.4 Å². The second-order valence-electron chi connectivity index (χ2n) is 12.6. The third-order valence-electron chi connectivity index (χ3n) is 7.86. The Morgan fingerprint density at radius 3 is 1.18 bits per heavy atom. The van der Waals surface area contributed by atoms with Gasteiger partial charge in [0.25, 0.3) is 10.1 Å². The van der Waals surface area contributed by atoms with Crippen LogP contribution in [0.4, 0.5) is 10.3 Å². The number of aromatic nitrogens is 4. The van der Waals surface area contributed by atoms with E-state index >= 15 is 0 Å². The fourth-order valence-electron chi connectivity index (χ4n) is 5.01. The fraction of sp³-hybridized carbons (Fsp3) is 0.189. The minimum atomic E-state index is -3.85. The number of sulfonamides is 2. The molecule has 0 unspecified atom stereocenters. The first-order valence-electron chi connectivity index (χ1n) is 17.0. The highest BCUT2D eigenvalue weighted by molar-refractivity contribution is 7.91. The van der Waals surface area contributed by atoms with Gasteiger partial charge in [0.05, 0.1) is 41.9 Å². The van der Waals surface area contributed by atoms with Crippen LogP contribution in [0.25, 0.3) is 22.5 Å². The molecule has 18 nitrogen and oxygen atoms in total. The van der Waals surface area contributed by atoms with Gasteiger partial charge in [-0.25, -0.2) is 37.1 Å². The van der Waals surface area contributed by atoms with E-state index in [2.05, 4.69) is 19.9 Å². The number of hydrogen-bond acceptors (Lipinski definition) is 14. The average Bonchev–Trinajstić information content (AvgIpc) is 3.78. The van der Waals surface area contributed by atoms with E-state index in [1.165, 1.54) is 9.80 Å². The Morgan fingerprint density at radius 2 is 0.933 bits per heavy atom. The lowest BCUT2D eigenvalue weighted by molar-refractivity contribution is -0.118. The number of rotatable bonds is 10. The molecule has 0 aliphatic heterocycles. The van der Waals surface area contributed by atoms with Crippen LogP contribution in [0.1, 0.15) is 22.5 Å². The summed E-state index contributed by atoms with van der Waals surface area (Å²) in [7, 11) is -8.24. The van der Waals surface area contributed by atoms with E-state index in [0.29, 0.717) is 16.5 Å². The van der Waals surface area contributed by atoms with Gasteiger partial charge in [-0.1, -0.05) is 83.3 Å². The van der Waals surface area contributed by atoms with Crippen LogP contribution in [0.5, 0.6) is 0 Å². The van der Waals surface area contributed by atoms with Gasteiger partial charge < -0.3 is 5.48 Å². The van der Waals surface area contributed by atoms with E-state index in [4.69, 9.17) is 14.8 Å². The predicted molar refractivity (Wildman–Crippen MR) is 231 cm³/mol. The number of amides is 2. The number of pyridine rings is 2. The molecule has 4 aromatic heterocycles. The number of carbonyl (C=O) groups excluding carboxylic acids is 2. The number of nitrogens with two attached hydrogens (primary N) is 2.